The SMILES string of the molecule is O=C(c1ccccc1)c1cc(O)cc(C(=O)c2ccccc2)c1C(=O)c1ccccc1. The van der Waals surface area contributed by atoms with Crippen LogP contribution in [0, 0.1) is 0 Å². The molecule has 0 unspecified atom stereocenters. The molecule has 4 aromatic carbocycles. The fourth-order valence-electron chi connectivity index (χ4n) is 3.45. The van der Waals surface area contributed by atoms with Gasteiger partial charge in [-0.2, -0.15) is 0 Å². The number of hydrogen-bond acceptors (Lipinski definition) is 4. The van der Waals surface area contributed by atoms with E-state index in [9.17, 15) is 19.5 Å². The number of ketones is 3. The molecule has 0 radical (unpaired) electrons. The summed E-state index contributed by atoms with van der Waals surface area (Å²) >= 11 is 0. The van der Waals surface area contributed by atoms with Crippen LogP contribution in [-0.2, 0) is 0 Å². The lowest BCUT2D eigenvalue weighted by molar-refractivity contribution is 0.0990. The maximum Gasteiger partial charge on any atom is 0.194 e. The second-order valence-corrected chi connectivity index (χ2v) is 7.00. The van der Waals surface area contributed by atoms with Gasteiger partial charge in [-0.25, -0.2) is 0 Å². The fourth-order valence-corrected chi connectivity index (χ4v) is 3.45. The summed E-state index contributed by atoms with van der Waals surface area (Å²) in [6.07, 6.45) is 0. The number of rotatable bonds is 6. The molecule has 0 saturated carbocycles. The minimum Gasteiger partial charge on any atom is -0.508 e. The average Bonchev–Trinajstić information content (AvgIpc) is 2.83. The van der Waals surface area contributed by atoms with Crippen molar-refractivity contribution in [3.8, 4) is 5.75 Å². The monoisotopic (exact) mass is 406 g/mol. The first-order valence-electron chi connectivity index (χ1n) is 9.72. The summed E-state index contributed by atoms with van der Waals surface area (Å²) in [6.45, 7) is 0. The van der Waals surface area contributed by atoms with Crippen molar-refractivity contribution in [2.75, 3.05) is 0 Å². The third-order valence-electron chi connectivity index (χ3n) is 4.95. The van der Waals surface area contributed by atoms with Crippen molar-refractivity contribution < 1.29 is 19.5 Å². The van der Waals surface area contributed by atoms with Crippen LogP contribution in [-0.4, -0.2) is 22.5 Å². The highest BCUT2D eigenvalue weighted by atomic mass is 16.3. The van der Waals surface area contributed by atoms with Gasteiger partial charge in [0.05, 0.1) is 0 Å². The van der Waals surface area contributed by atoms with Gasteiger partial charge in [-0.3, -0.25) is 14.4 Å². The molecule has 0 fully saturated rings. The third kappa shape index (κ3) is 4.05. The first-order chi connectivity index (χ1) is 15.1. The lowest BCUT2D eigenvalue weighted by atomic mass is 9.86. The number of phenols is 1. The number of aromatic hydroxyl groups is 1. The van der Waals surface area contributed by atoms with Gasteiger partial charge in [0.2, 0.25) is 0 Å². The van der Waals surface area contributed by atoms with E-state index in [0.29, 0.717) is 16.7 Å². The van der Waals surface area contributed by atoms with E-state index in [1.807, 2.05) is 0 Å². The number of carbonyl (C=O) groups is 3. The smallest absolute Gasteiger partial charge is 0.194 e. The summed E-state index contributed by atoms with van der Waals surface area (Å²) in [5.74, 6) is -1.61. The zero-order valence-electron chi connectivity index (χ0n) is 16.5. The van der Waals surface area contributed by atoms with E-state index in [2.05, 4.69) is 0 Å². The summed E-state index contributed by atoms with van der Waals surface area (Å²) in [5, 5.41) is 10.3. The molecule has 150 valence electrons. The predicted octanol–water partition coefficient (Wildman–Crippen LogP) is 5.09. The van der Waals surface area contributed by atoms with Crippen LogP contribution >= 0.6 is 0 Å². The molecule has 4 rings (SSSR count). The van der Waals surface area contributed by atoms with Gasteiger partial charge in [0.1, 0.15) is 5.75 Å². The summed E-state index contributed by atoms with van der Waals surface area (Å²) < 4.78 is 0. The van der Waals surface area contributed by atoms with Crippen molar-refractivity contribution in [3.63, 3.8) is 0 Å². The van der Waals surface area contributed by atoms with Gasteiger partial charge in [0, 0.05) is 33.4 Å². The Hall–Kier alpha value is -4.31. The standard InChI is InChI=1S/C27H18O4/c28-21-16-22(25(29)18-10-4-1-5-11-18)24(27(31)20-14-8-3-9-15-20)23(17-21)26(30)19-12-6-2-7-13-19/h1-17,28H. The van der Waals surface area contributed by atoms with Crippen molar-refractivity contribution in [2.24, 2.45) is 0 Å². The second-order valence-electron chi connectivity index (χ2n) is 7.00. The summed E-state index contributed by atoms with van der Waals surface area (Å²) in [4.78, 5) is 40.1. The molecule has 0 aromatic heterocycles. The second kappa shape index (κ2) is 8.59. The molecule has 0 spiro atoms. The van der Waals surface area contributed by atoms with Crippen LogP contribution in [0.4, 0.5) is 0 Å². The topological polar surface area (TPSA) is 71.4 Å². The van der Waals surface area contributed by atoms with Crippen LogP contribution in [0.5, 0.6) is 5.75 Å². The molecule has 0 aliphatic carbocycles. The molecule has 0 atom stereocenters. The maximum absolute atomic E-state index is 13.5. The zero-order valence-corrected chi connectivity index (χ0v) is 16.5. The first-order valence-corrected chi connectivity index (χ1v) is 9.72. The van der Waals surface area contributed by atoms with Gasteiger partial charge >= 0.3 is 0 Å². The largest absolute Gasteiger partial charge is 0.508 e. The van der Waals surface area contributed by atoms with Crippen LogP contribution in [0.1, 0.15) is 47.8 Å². The Balaban J connectivity index is 1.96. The normalized spacial score (nSPS) is 10.5. The van der Waals surface area contributed by atoms with Gasteiger partial charge < -0.3 is 5.11 Å². The van der Waals surface area contributed by atoms with Crippen molar-refractivity contribution in [2.45, 2.75) is 0 Å². The van der Waals surface area contributed by atoms with Gasteiger partial charge in [0.25, 0.3) is 0 Å². The molecule has 0 saturated heterocycles. The Morgan fingerprint density at radius 1 is 0.484 bits per heavy atom. The average molecular weight is 406 g/mol. The van der Waals surface area contributed by atoms with Crippen LogP contribution in [0.3, 0.4) is 0 Å². The Morgan fingerprint density at radius 3 is 1.16 bits per heavy atom. The van der Waals surface area contributed by atoms with Crippen molar-refractivity contribution >= 4 is 17.3 Å². The number of hydrogen-bond donors (Lipinski definition) is 1. The molecule has 4 aromatic rings. The third-order valence-corrected chi connectivity index (χ3v) is 4.95. The maximum atomic E-state index is 13.5. The fraction of sp³-hybridized carbons (Fsp3) is 0. The number of benzene rings is 4. The highest BCUT2D eigenvalue weighted by molar-refractivity contribution is 6.25. The molecule has 0 aliphatic heterocycles. The molecule has 1 N–H and O–H groups in total. The highest BCUT2D eigenvalue weighted by Gasteiger charge is 2.27. The Kier molecular flexibility index (Phi) is 5.54. The molecule has 0 amide bonds. The lowest BCUT2D eigenvalue weighted by Gasteiger charge is -2.14. The quantitative estimate of drug-likeness (QED) is 0.453. The van der Waals surface area contributed by atoms with Gasteiger partial charge in [0.15, 0.2) is 17.3 Å². The van der Waals surface area contributed by atoms with Crippen LogP contribution in [0.2, 0.25) is 0 Å². The number of phenolic OH excluding ortho intramolecular Hbond substituents is 1. The van der Waals surface area contributed by atoms with E-state index in [1.54, 1.807) is 91.0 Å². The molecule has 4 nitrogen and oxygen atoms in total. The first kappa shape index (κ1) is 20.0. The molecule has 31 heavy (non-hydrogen) atoms. The Bertz CT molecular complexity index is 1190. The zero-order chi connectivity index (χ0) is 21.8. The predicted molar refractivity (Wildman–Crippen MR) is 118 cm³/mol. The van der Waals surface area contributed by atoms with E-state index < -0.39 is 17.3 Å². The molecular weight excluding hydrogens is 388 g/mol. The van der Waals surface area contributed by atoms with Gasteiger partial charge in [-0.05, 0) is 12.1 Å². The summed E-state index contributed by atoms with van der Waals surface area (Å²) in [7, 11) is 0. The van der Waals surface area contributed by atoms with E-state index in [1.165, 1.54) is 12.1 Å². The van der Waals surface area contributed by atoms with E-state index in [0.717, 1.165) is 0 Å². The molecular formula is C27H18O4. The Labute approximate surface area is 179 Å². The van der Waals surface area contributed by atoms with Crippen LogP contribution in [0.15, 0.2) is 103 Å². The minimum atomic E-state index is -0.459. The van der Waals surface area contributed by atoms with Crippen molar-refractivity contribution in [1.82, 2.24) is 0 Å². The summed E-state index contributed by atoms with van der Waals surface area (Å²) in [5.41, 5.74) is 1.00. The van der Waals surface area contributed by atoms with Gasteiger partial charge in [-0.15, -0.1) is 0 Å². The van der Waals surface area contributed by atoms with Crippen LogP contribution in [0.25, 0.3) is 0 Å². The lowest BCUT2D eigenvalue weighted by Crippen LogP contribution is -2.17. The molecule has 0 aliphatic rings. The van der Waals surface area contributed by atoms with E-state index in [4.69, 9.17) is 0 Å². The van der Waals surface area contributed by atoms with Crippen LogP contribution < -0.4 is 0 Å². The number of carbonyl (C=O) groups excluding carboxylic acids is 3. The molecule has 0 bridgehead atoms. The minimum absolute atomic E-state index is 0.0145. The van der Waals surface area contributed by atoms with Crippen molar-refractivity contribution in [3.05, 3.63) is 137 Å². The van der Waals surface area contributed by atoms with Crippen molar-refractivity contribution in [1.29, 1.82) is 0 Å². The molecule has 0 heterocycles. The van der Waals surface area contributed by atoms with Gasteiger partial charge in [-0.1, -0.05) is 91.0 Å². The highest BCUT2D eigenvalue weighted by Crippen LogP contribution is 2.29. The Morgan fingerprint density at radius 2 is 0.806 bits per heavy atom. The van der Waals surface area contributed by atoms with E-state index in [-0.39, 0.29) is 22.4 Å². The summed E-state index contributed by atoms with van der Waals surface area (Å²) in [6, 6.07) is 27.9. The molecule has 4 heteroatoms. The van der Waals surface area contributed by atoms with E-state index >= 15 is 0 Å².